The second-order valence-electron chi connectivity index (χ2n) is 4.18. The van der Waals surface area contributed by atoms with E-state index in [1.165, 1.54) is 12.1 Å². The molecule has 0 amide bonds. The van der Waals surface area contributed by atoms with Gasteiger partial charge in [-0.25, -0.2) is 4.39 Å². The van der Waals surface area contributed by atoms with Gasteiger partial charge in [-0.15, -0.1) is 0 Å². The molecule has 3 nitrogen and oxygen atoms in total. The summed E-state index contributed by atoms with van der Waals surface area (Å²) in [4.78, 5) is 4.15. The van der Waals surface area contributed by atoms with Crippen molar-refractivity contribution in [3.63, 3.8) is 0 Å². The van der Waals surface area contributed by atoms with Crippen molar-refractivity contribution < 1.29 is 8.81 Å². The van der Waals surface area contributed by atoms with Gasteiger partial charge in [0, 0.05) is 11.6 Å². The van der Waals surface area contributed by atoms with Crippen LogP contribution in [0.4, 0.5) is 4.39 Å². The monoisotopic (exact) mass is 276 g/mol. The molecule has 0 radical (unpaired) electrons. The van der Waals surface area contributed by atoms with E-state index in [-0.39, 0.29) is 5.82 Å². The van der Waals surface area contributed by atoms with E-state index in [9.17, 15) is 4.39 Å². The van der Waals surface area contributed by atoms with Gasteiger partial charge in [0.2, 0.25) is 0 Å². The van der Waals surface area contributed by atoms with Gasteiger partial charge in [-0.3, -0.25) is 4.98 Å². The molecule has 2 aromatic heterocycles. The van der Waals surface area contributed by atoms with Gasteiger partial charge in [-0.05, 0) is 36.4 Å². The first kappa shape index (κ1) is 12.1. The highest BCUT2D eigenvalue weighted by Gasteiger charge is 2.18. The number of halogens is 2. The third-order valence-electron chi connectivity index (χ3n) is 2.89. The molecule has 0 bridgehead atoms. The molecule has 0 aliphatic carbocycles. The third-order valence-corrected chi connectivity index (χ3v) is 3.21. The summed E-state index contributed by atoms with van der Waals surface area (Å²) in [5, 5.41) is 1.14. The molecule has 0 fully saturated rings. The molecule has 1 aromatic carbocycles. The first-order valence-electron chi connectivity index (χ1n) is 5.70. The van der Waals surface area contributed by atoms with Gasteiger partial charge in [-0.1, -0.05) is 11.6 Å². The van der Waals surface area contributed by atoms with E-state index in [2.05, 4.69) is 4.98 Å². The zero-order valence-corrected chi connectivity index (χ0v) is 10.6. The minimum atomic E-state index is -0.579. The lowest BCUT2D eigenvalue weighted by molar-refractivity contribution is 0.520. The second-order valence-corrected chi connectivity index (χ2v) is 4.59. The third kappa shape index (κ3) is 2.20. The fourth-order valence-corrected chi connectivity index (χ4v) is 2.19. The summed E-state index contributed by atoms with van der Waals surface area (Å²) >= 11 is 6.05. The Morgan fingerprint density at radius 1 is 1.26 bits per heavy atom. The van der Waals surface area contributed by atoms with E-state index in [0.29, 0.717) is 27.4 Å². The van der Waals surface area contributed by atoms with Crippen molar-refractivity contribution in [2.24, 2.45) is 5.73 Å². The van der Waals surface area contributed by atoms with Crippen LogP contribution in [-0.4, -0.2) is 4.98 Å². The van der Waals surface area contributed by atoms with Crippen LogP contribution >= 0.6 is 11.6 Å². The molecule has 0 spiro atoms. The smallest absolute Gasteiger partial charge is 0.134 e. The van der Waals surface area contributed by atoms with Crippen LogP contribution in [0.1, 0.15) is 17.5 Å². The van der Waals surface area contributed by atoms with E-state index < -0.39 is 6.04 Å². The van der Waals surface area contributed by atoms with Crippen molar-refractivity contribution in [1.29, 1.82) is 0 Å². The molecular weight excluding hydrogens is 267 g/mol. The van der Waals surface area contributed by atoms with Gasteiger partial charge < -0.3 is 10.2 Å². The molecule has 0 saturated heterocycles. The molecule has 3 aromatic rings. The zero-order chi connectivity index (χ0) is 13.4. The first-order chi connectivity index (χ1) is 9.15. The molecule has 19 heavy (non-hydrogen) atoms. The molecule has 96 valence electrons. The van der Waals surface area contributed by atoms with E-state index in [1.54, 1.807) is 30.5 Å². The van der Waals surface area contributed by atoms with Gasteiger partial charge in [0.1, 0.15) is 23.2 Å². The van der Waals surface area contributed by atoms with E-state index in [1.807, 2.05) is 0 Å². The molecule has 5 heteroatoms. The molecule has 1 unspecified atom stereocenters. The Bertz CT molecular complexity index is 741. The van der Waals surface area contributed by atoms with Gasteiger partial charge >= 0.3 is 0 Å². The standard InChI is InChI=1S/C14H10ClFN2O/c15-10-2-1-5-18-14(10)13(17)12-7-8-6-9(16)3-4-11(8)19-12/h1-7,13H,17H2. The van der Waals surface area contributed by atoms with Gasteiger partial charge in [0.25, 0.3) is 0 Å². The van der Waals surface area contributed by atoms with Gasteiger partial charge in [0.15, 0.2) is 0 Å². The maximum Gasteiger partial charge on any atom is 0.134 e. The molecule has 2 N–H and O–H groups in total. The topological polar surface area (TPSA) is 52.0 Å². The molecule has 2 heterocycles. The number of benzene rings is 1. The van der Waals surface area contributed by atoms with Crippen LogP contribution < -0.4 is 5.73 Å². The molecule has 0 aliphatic rings. The van der Waals surface area contributed by atoms with Crippen molar-refractivity contribution in [2.45, 2.75) is 6.04 Å². The van der Waals surface area contributed by atoms with E-state index in [4.69, 9.17) is 21.8 Å². The van der Waals surface area contributed by atoms with Crippen LogP contribution in [0.3, 0.4) is 0 Å². The molecule has 1 atom stereocenters. The van der Waals surface area contributed by atoms with Crippen molar-refractivity contribution in [3.8, 4) is 0 Å². The molecule has 0 saturated carbocycles. The van der Waals surface area contributed by atoms with Crippen LogP contribution in [0.5, 0.6) is 0 Å². The maximum absolute atomic E-state index is 13.1. The van der Waals surface area contributed by atoms with Crippen LogP contribution in [0.2, 0.25) is 5.02 Å². The van der Waals surface area contributed by atoms with Crippen molar-refractivity contribution >= 4 is 22.6 Å². The number of fused-ring (bicyclic) bond motifs is 1. The SMILES string of the molecule is NC(c1cc2cc(F)ccc2o1)c1ncccc1Cl. The molecule has 3 rings (SSSR count). The van der Waals surface area contributed by atoms with Crippen molar-refractivity contribution in [2.75, 3.05) is 0 Å². The Morgan fingerprint density at radius 2 is 2.11 bits per heavy atom. The normalized spacial score (nSPS) is 12.8. The lowest BCUT2D eigenvalue weighted by atomic mass is 10.1. The van der Waals surface area contributed by atoms with Crippen LogP contribution in [-0.2, 0) is 0 Å². The number of hydrogen-bond donors (Lipinski definition) is 1. The fraction of sp³-hybridized carbons (Fsp3) is 0.0714. The van der Waals surface area contributed by atoms with Crippen LogP contribution in [0, 0.1) is 5.82 Å². The van der Waals surface area contributed by atoms with E-state index in [0.717, 1.165) is 0 Å². The van der Waals surface area contributed by atoms with E-state index >= 15 is 0 Å². The highest BCUT2D eigenvalue weighted by Crippen LogP contribution is 2.29. The Balaban J connectivity index is 2.07. The summed E-state index contributed by atoms with van der Waals surface area (Å²) in [6, 6.07) is 8.88. The quantitative estimate of drug-likeness (QED) is 0.777. The molecule has 0 aliphatic heterocycles. The summed E-state index contributed by atoms with van der Waals surface area (Å²) in [6.07, 6.45) is 1.61. The largest absolute Gasteiger partial charge is 0.459 e. The van der Waals surface area contributed by atoms with Crippen molar-refractivity contribution in [3.05, 3.63) is 64.9 Å². The summed E-state index contributed by atoms with van der Waals surface area (Å²) in [7, 11) is 0. The number of aromatic nitrogens is 1. The minimum absolute atomic E-state index is 0.315. The minimum Gasteiger partial charge on any atom is -0.459 e. The number of nitrogens with zero attached hydrogens (tertiary/aromatic N) is 1. The highest BCUT2D eigenvalue weighted by molar-refractivity contribution is 6.31. The number of furan rings is 1. The Hall–Kier alpha value is -1.91. The Labute approximate surface area is 113 Å². The second kappa shape index (κ2) is 4.64. The lowest BCUT2D eigenvalue weighted by Crippen LogP contribution is -2.13. The summed E-state index contributed by atoms with van der Waals surface area (Å²) in [5.74, 6) is 0.186. The Morgan fingerprint density at radius 3 is 2.89 bits per heavy atom. The van der Waals surface area contributed by atoms with Gasteiger partial charge in [-0.2, -0.15) is 0 Å². The number of nitrogens with two attached hydrogens (primary N) is 1. The average molecular weight is 277 g/mol. The highest BCUT2D eigenvalue weighted by atomic mass is 35.5. The van der Waals surface area contributed by atoms with Gasteiger partial charge in [0.05, 0.1) is 10.7 Å². The number of pyridine rings is 1. The predicted molar refractivity (Wildman–Crippen MR) is 71.4 cm³/mol. The van der Waals surface area contributed by atoms with Crippen LogP contribution in [0.15, 0.2) is 47.0 Å². The fourth-order valence-electron chi connectivity index (χ4n) is 1.95. The summed E-state index contributed by atoms with van der Waals surface area (Å²) in [6.45, 7) is 0. The predicted octanol–water partition coefficient (Wildman–Crippen LogP) is 3.67. The summed E-state index contributed by atoms with van der Waals surface area (Å²) in [5.41, 5.74) is 7.20. The zero-order valence-electron chi connectivity index (χ0n) is 9.81. The first-order valence-corrected chi connectivity index (χ1v) is 6.08. The lowest BCUT2D eigenvalue weighted by Gasteiger charge is -2.09. The number of hydrogen-bond acceptors (Lipinski definition) is 3. The summed E-state index contributed by atoms with van der Waals surface area (Å²) < 4.78 is 18.7. The van der Waals surface area contributed by atoms with Crippen molar-refractivity contribution in [1.82, 2.24) is 4.98 Å². The number of rotatable bonds is 2. The van der Waals surface area contributed by atoms with Crippen LogP contribution in [0.25, 0.3) is 11.0 Å². The maximum atomic E-state index is 13.1. The average Bonchev–Trinajstić information content (AvgIpc) is 2.81. The Kier molecular flexibility index (Phi) is 2.97. The molecular formula is C14H10ClFN2O.